The Morgan fingerprint density at radius 3 is 2.90 bits per heavy atom. The second kappa shape index (κ2) is 5.80. The number of halogens is 1. The van der Waals surface area contributed by atoms with Gasteiger partial charge in [0.25, 0.3) is 0 Å². The highest BCUT2D eigenvalue weighted by atomic mass is 35.5. The Balaban J connectivity index is 1.66. The number of likely N-dealkylation sites (tertiary alicyclic amines) is 1. The van der Waals surface area contributed by atoms with Crippen molar-refractivity contribution in [1.82, 2.24) is 9.88 Å². The molecule has 2 heterocycles. The van der Waals surface area contributed by atoms with E-state index in [9.17, 15) is 4.79 Å². The van der Waals surface area contributed by atoms with Crippen LogP contribution in [0.15, 0.2) is 36.4 Å². The Morgan fingerprint density at radius 1 is 1.25 bits per heavy atom. The summed E-state index contributed by atoms with van der Waals surface area (Å²) in [6.07, 6.45) is 1.39. The molecule has 0 aliphatic carbocycles. The van der Waals surface area contributed by atoms with E-state index in [1.54, 1.807) is 0 Å². The lowest BCUT2D eigenvalue weighted by molar-refractivity contribution is -0.127. The van der Waals surface area contributed by atoms with Crippen molar-refractivity contribution in [2.45, 2.75) is 12.8 Å². The van der Waals surface area contributed by atoms with Crippen LogP contribution in [0.25, 0.3) is 10.9 Å². The van der Waals surface area contributed by atoms with Gasteiger partial charge in [-0.05, 0) is 18.1 Å². The molecule has 0 bridgehead atoms. The average Bonchev–Trinajstić information content (AvgIpc) is 2.85. The highest BCUT2D eigenvalue weighted by Crippen LogP contribution is 2.19. The van der Waals surface area contributed by atoms with Crippen LogP contribution in [-0.2, 0) is 11.2 Å². The minimum absolute atomic E-state index is 0.219. The summed E-state index contributed by atoms with van der Waals surface area (Å²) < 4.78 is 0. The number of hydrogen-bond acceptors (Lipinski definition) is 2. The van der Waals surface area contributed by atoms with Gasteiger partial charge in [-0.25, -0.2) is 0 Å². The van der Waals surface area contributed by atoms with E-state index in [4.69, 9.17) is 11.6 Å². The number of aromatic nitrogens is 1. The van der Waals surface area contributed by atoms with Crippen LogP contribution in [0.4, 0.5) is 0 Å². The minimum atomic E-state index is 0.219. The number of benzene rings is 1. The lowest BCUT2D eigenvalue weighted by Crippen LogP contribution is -2.27. The number of para-hydroxylation sites is 1. The molecular weight excluding hydrogens is 272 g/mol. The molecule has 1 amide bonds. The zero-order chi connectivity index (χ0) is 13.9. The van der Waals surface area contributed by atoms with Gasteiger partial charge in [-0.2, -0.15) is 0 Å². The number of alkyl halides is 1. The lowest BCUT2D eigenvalue weighted by atomic mass is 10.1. The van der Waals surface area contributed by atoms with Crippen LogP contribution >= 0.6 is 11.6 Å². The van der Waals surface area contributed by atoms with Gasteiger partial charge in [0.2, 0.25) is 5.91 Å². The molecular formula is C16H17ClN2O. The molecule has 1 fully saturated rings. The lowest BCUT2D eigenvalue weighted by Gasteiger charge is -2.15. The van der Waals surface area contributed by atoms with Gasteiger partial charge in [-0.15, -0.1) is 11.6 Å². The van der Waals surface area contributed by atoms with Gasteiger partial charge in [-0.1, -0.05) is 24.3 Å². The van der Waals surface area contributed by atoms with E-state index in [1.165, 1.54) is 0 Å². The number of amides is 1. The third-order valence-corrected chi connectivity index (χ3v) is 4.24. The van der Waals surface area contributed by atoms with Crippen LogP contribution in [0, 0.1) is 5.92 Å². The van der Waals surface area contributed by atoms with Crippen molar-refractivity contribution >= 4 is 28.4 Å². The zero-order valence-corrected chi connectivity index (χ0v) is 12.0. The number of nitrogens with zero attached hydrogens (tertiary/aromatic N) is 2. The van der Waals surface area contributed by atoms with E-state index >= 15 is 0 Å². The molecule has 1 aromatic carbocycles. The van der Waals surface area contributed by atoms with Gasteiger partial charge >= 0.3 is 0 Å². The van der Waals surface area contributed by atoms with Crippen LogP contribution in [0.5, 0.6) is 0 Å². The van der Waals surface area contributed by atoms with Gasteiger partial charge in [0.05, 0.1) is 5.52 Å². The molecule has 0 spiro atoms. The summed E-state index contributed by atoms with van der Waals surface area (Å²) in [4.78, 5) is 18.4. The van der Waals surface area contributed by atoms with Crippen LogP contribution in [0.2, 0.25) is 0 Å². The van der Waals surface area contributed by atoms with E-state index in [0.717, 1.165) is 36.1 Å². The summed E-state index contributed by atoms with van der Waals surface area (Å²) in [5.74, 6) is 1.10. The molecule has 1 saturated heterocycles. The average molecular weight is 289 g/mol. The predicted molar refractivity (Wildman–Crippen MR) is 80.9 cm³/mol. The first-order valence-corrected chi connectivity index (χ1v) is 7.48. The first-order valence-electron chi connectivity index (χ1n) is 6.94. The zero-order valence-electron chi connectivity index (χ0n) is 11.3. The molecule has 0 radical (unpaired) electrons. The molecule has 104 valence electrons. The molecule has 1 aliphatic heterocycles. The second-order valence-electron chi connectivity index (χ2n) is 5.31. The summed E-state index contributed by atoms with van der Waals surface area (Å²) in [6, 6.07) is 12.2. The molecule has 0 N–H and O–H groups in total. The molecule has 4 heteroatoms. The Labute approximate surface area is 123 Å². The SMILES string of the molecule is O=C1CC(CCl)CN1CCc1ccc2ccccc2n1. The standard InChI is InChI=1S/C16H17ClN2O/c17-10-12-9-16(20)19(11-12)8-7-14-6-5-13-3-1-2-4-15(13)18-14/h1-6,12H,7-11H2. The number of rotatable bonds is 4. The van der Waals surface area contributed by atoms with Crippen LogP contribution < -0.4 is 0 Å². The van der Waals surface area contributed by atoms with Crippen molar-refractivity contribution in [2.75, 3.05) is 19.0 Å². The number of hydrogen-bond donors (Lipinski definition) is 0. The normalized spacial score (nSPS) is 18.9. The summed E-state index contributed by atoms with van der Waals surface area (Å²) in [5, 5.41) is 1.15. The van der Waals surface area contributed by atoms with Crippen molar-refractivity contribution in [3.05, 3.63) is 42.1 Å². The largest absolute Gasteiger partial charge is 0.342 e. The first-order chi connectivity index (χ1) is 9.76. The van der Waals surface area contributed by atoms with Crippen molar-refractivity contribution in [1.29, 1.82) is 0 Å². The fourth-order valence-corrected chi connectivity index (χ4v) is 2.88. The molecule has 1 aromatic heterocycles. The van der Waals surface area contributed by atoms with Gasteiger partial charge in [0, 0.05) is 42.9 Å². The highest BCUT2D eigenvalue weighted by Gasteiger charge is 2.28. The summed E-state index contributed by atoms with van der Waals surface area (Å²) in [5.41, 5.74) is 2.04. The molecule has 1 aliphatic rings. The quantitative estimate of drug-likeness (QED) is 0.811. The minimum Gasteiger partial charge on any atom is -0.342 e. The van der Waals surface area contributed by atoms with E-state index in [2.05, 4.69) is 17.1 Å². The number of fused-ring (bicyclic) bond motifs is 1. The Bertz CT molecular complexity index is 629. The van der Waals surface area contributed by atoms with Crippen molar-refractivity contribution in [3.63, 3.8) is 0 Å². The molecule has 0 saturated carbocycles. The highest BCUT2D eigenvalue weighted by molar-refractivity contribution is 6.18. The maximum atomic E-state index is 11.8. The fourth-order valence-electron chi connectivity index (χ4n) is 2.67. The van der Waals surface area contributed by atoms with Gasteiger partial charge < -0.3 is 4.90 Å². The molecule has 1 unspecified atom stereocenters. The molecule has 3 rings (SSSR count). The van der Waals surface area contributed by atoms with Crippen molar-refractivity contribution in [3.8, 4) is 0 Å². The van der Waals surface area contributed by atoms with Gasteiger partial charge in [0.15, 0.2) is 0 Å². The van der Waals surface area contributed by atoms with Crippen LogP contribution in [0.3, 0.4) is 0 Å². The Morgan fingerprint density at radius 2 is 2.10 bits per heavy atom. The smallest absolute Gasteiger partial charge is 0.222 e. The van der Waals surface area contributed by atoms with Crippen molar-refractivity contribution < 1.29 is 4.79 Å². The van der Waals surface area contributed by atoms with Gasteiger partial charge in [0.1, 0.15) is 0 Å². The summed E-state index contributed by atoms with van der Waals surface area (Å²) in [7, 11) is 0. The predicted octanol–water partition coefficient (Wildman–Crippen LogP) is 2.86. The van der Waals surface area contributed by atoms with Gasteiger partial charge in [-0.3, -0.25) is 9.78 Å². The van der Waals surface area contributed by atoms with Crippen LogP contribution in [-0.4, -0.2) is 34.8 Å². The Hall–Kier alpha value is -1.61. The molecule has 3 nitrogen and oxygen atoms in total. The molecule has 1 atom stereocenters. The first kappa shape index (κ1) is 13.4. The molecule has 2 aromatic rings. The fraction of sp³-hybridized carbons (Fsp3) is 0.375. The Kier molecular flexibility index (Phi) is 3.88. The third kappa shape index (κ3) is 2.78. The third-order valence-electron chi connectivity index (χ3n) is 3.81. The summed E-state index contributed by atoms with van der Waals surface area (Å²) in [6.45, 7) is 1.52. The van der Waals surface area contributed by atoms with Crippen molar-refractivity contribution in [2.24, 2.45) is 5.92 Å². The van der Waals surface area contributed by atoms with E-state index in [1.807, 2.05) is 29.2 Å². The second-order valence-corrected chi connectivity index (χ2v) is 5.62. The maximum Gasteiger partial charge on any atom is 0.222 e. The monoisotopic (exact) mass is 288 g/mol. The summed E-state index contributed by atoms with van der Waals surface area (Å²) >= 11 is 5.83. The van der Waals surface area contributed by atoms with Crippen LogP contribution in [0.1, 0.15) is 12.1 Å². The topological polar surface area (TPSA) is 33.2 Å². The number of carbonyl (C=O) groups is 1. The van der Waals surface area contributed by atoms with E-state index < -0.39 is 0 Å². The van der Waals surface area contributed by atoms with E-state index in [0.29, 0.717) is 18.2 Å². The number of carbonyl (C=O) groups excluding carboxylic acids is 1. The van der Waals surface area contributed by atoms with E-state index in [-0.39, 0.29) is 5.91 Å². The number of pyridine rings is 1. The maximum absolute atomic E-state index is 11.8. The molecule has 20 heavy (non-hydrogen) atoms.